The molecule has 1 atom stereocenters. The highest BCUT2D eigenvalue weighted by Crippen LogP contribution is 2.38. The summed E-state index contributed by atoms with van der Waals surface area (Å²) in [6.45, 7) is 1.90. The van der Waals surface area contributed by atoms with E-state index in [1.165, 1.54) is 23.9 Å². The van der Waals surface area contributed by atoms with Crippen molar-refractivity contribution in [3.8, 4) is 22.7 Å². The van der Waals surface area contributed by atoms with Crippen molar-refractivity contribution in [3.05, 3.63) is 100 Å². The maximum Gasteiger partial charge on any atom is 0.421 e. The van der Waals surface area contributed by atoms with Crippen molar-refractivity contribution < 1.29 is 17.9 Å². The van der Waals surface area contributed by atoms with Crippen LogP contribution in [0.15, 0.2) is 83.5 Å². The molecule has 12 heteroatoms. The number of anilines is 1. The van der Waals surface area contributed by atoms with Crippen LogP contribution in [0.5, 0.6) is 5.88 Å². The van der Waals surface area contributed by atoms with E-state index in [2.05, 4.69) is 25.3 Å². The third kappa shape index (κ3) is 4.76. The zero-order chi connectivity index (χ0) is 28.7. The Morgan fingerprint density at radius 3 is 2.56 bits per heavy atom. The third-order valence-corrected chi connectivity index (χ3v) is 7.42. The summed E-state index contributed by atoms with van der Waals surface area (Å²) in [5, 5.41) is 4.18. The van der Waals surface area contributed by atoms with Gasteiger partial charge in [0.2, 0.25) is 5.88 Å². The molecular weight excluding hydrogens is 553 g/mol. The molecule has 0 aliphatic carbocycles. The fourth-order valence-electron chi connectivity index (χ4n) is 4.83. The summed E-state index contributed by atoms with van der Waals surface area (Å²) in [7, 11) is 1.13. The van der Waals surface area contributed by atoms with E-state index in [9.17, 15) is 18.0 Å². The molecule has 0 amide bonds. The van der Waals surface area contributed by atoms with Crippen molar-refractivity contribution in [2.24, 2.45) is 0 Å². The number of methoxy groups -OCH3 is 1. The number of aromatic nitrogens is 5. The molecule has 41 heavy (non-hydrogen) atoms. The van der Waals surface area contributed by atoms with Crippen molar-refractivity contribution in [1.29, 1.82) is 0 Å². The Kier molecular flexibility index (Phi) is 6.62. The number of halogens is 3. The summed E-state index contributed by atoms with van der Waals surface area (Å²) in [5.74, 6) is -0.0158. The average molecular weight is 575 g/mol. The first-order valence-electron chi connectivity index (χ1n) is 12.4. The third-order valence-electron chi connectivity index (χ3n) is 6.68. The number of nitrogens with one attached hydrogen (secondary N) is 1. The first-order chi connectivity index (χ1) is 19.8. The van der Waals surface area contributed by atoms with E-state index in [4.69, 9.17) is 4.74 Å². The van der Waals surface area contributed by atoms with Crippen LogP contribution in [0.25, 0.3) is 37.9 Å². The number of nitrogens with zero attached hydrogens (tertiary/aromatic N) is 5. The predicted octanol–water partition coefficient (Wildman–Crippen LogP) is 6.65. The maximum absolute atomic E-state index is 14.3. The number of thiazole rings is 1. The van der Waals surface area contributed by atoms with Gasteiger partial charge in [-0.25, -0.2) is 19.9 Å². The van der Waals surface area contributed by atoms with Crippen LogP contribution in [0, 0.1) is 0 Å². The van der Waals surface area contributed by atoms with Crippen LogP contribution in [-0.2, 0) is 6.18 Å². The lowest BCUT2D eigenvalue weighted by Gasteiger charge is -2.22. The van der Waals surface area contributed by atoms with Crippen molar-refractivity contribution in [2.45, 2.75) is 19.1 Å². The van der Waals surface area contributed by atoms with Gasteiger partial charge in [0, 0.05) is 23.1 Å². The van der Waals surface area contributed by atoms with E-state index >= 15 is 0 Å². The van der Waals surface area contributed by atoms with Gasteiger partial charge in [-0.15, -0.1) is 11.3 Å². The molecule has 0 spiro atoms. The van der Waals surface area contributed by atoms with Crippen LogP contribution in [0.1, 0.15) is 24.2 Å². The quantitative estimate of drug-likeness (QED) is 0.238. The van der Waals surface area contributed by atoms with Gasteiger partial charge in [-0.2, -0.15) is 13.2 Å². The maximum atomic E-state index is 14.3. The smallest absolute Gasteiger partial charge is 0.421 e. The Morgan fingerprint density at radius 1 is 1.00 bits per heavy atom. The number of hydrogen-bond acceptors (Lipinski definition) is 8. The molecule has 0 unspecified atom stereocenters. The van der Waals surface area contributed by atoms with Crippen LogP contribution in [0.4, 0.5) is 19.0 Å². The van der Waals surface area contributed by atoms with Gasteiger partial charge >= 0.3 is 6.18 Å². The summed E-state index contributed by atoms with van der Waals surface area (Å²) < 4.78 is 47.8. The highest BCUT2D eigenvalue weighted by Gasteiger charge is 2.36. The van der Waals surface area contributed by atoms with Gasteiger partial charge in [-0.3, -0.25) is 9.36 Å². The number of pyridine rings is 2. The summed E-state index contributed by atoms with van der Waals surface area (Å²) in [5.41, 5.74) is 2.58. The minimum Gasteiger partial charge on any atom is -0.481 e. The minimum absolute atomic E-state index is 0.145. The van der Waals surface area contributed by atoms with Crippen molar-refractivity contribution in [1.82, 2.24) is 24.5 Å². The number of fused-ring (bicyclic) bond motifs is 2. The summed E-state index contributed by atoms with van der Waals surface area (Å²) in [4.78, 5) is 31.9. The molecule has 6 rings (SSSR count). The molecule has 0 radical (unpaired) electrons. The van der Waals surface area contributed by atoms with Gasteiger partial charge in [-0.05, 0) is 42.1 Å². The Morgan fingerprint density at radius 2 is 1.80 bits per heavy atom. The lowest BCUT2D eigenvalue weighted by atomic mass is 9.98. The lowest BCUT2D eigenvalue weighted by Crippen LogP contribution is -2.26. The van der Waals surface area contributed by atoms with Gasteiger partial charge < -0.3 is 10.1 Å². The minimum atomic E-state index is -4.69. The number of para-hydroxylation sites is 1. The molecule has 0 aliphatic heterocycles. The van der Waals surface area contributed by atoms with Crippen molar-refractivity contribution in [2.75, 3.05) is 12.4 Å². The summed E-state index contributed by atoms with van der Waals surface area (Å²) >= 11 is 1.39. The molecule has 0 saturated heterocycles. The van der Waals surface area contributed by atoms with Gasteiger partial charge in [0.15, 0.2) is 5.82 Å². The first kappa shape index (κ1) is 26.4. The molecule has 6 aromatic rings. The Hall–Kier alpha value is -4.84. The zero-order valence-electron chi connectivity index (χ0n) is 21.7. The Bertz CT molecular complexity index is 1960. The zero-order valence-corrected chi connectivity index (χ0v) is 22.5. The van der Waals surface area contributed by atoms with Crippen LogP contribution in [-0.4, -0.2) is 31.6 Å². The van der Waals surface area contributed by atoms with Crippen molar-refractivity contribution in [3.63, 3.8) is 0 Å². The molecule has 1 N–H and O–H groups in total. The van der Waals surface area contributed by atoms with Gasteiger partial charge in [0.1, 0.15) is 22.2 Å². The molecule has 4 heterocycles. The predicted molar refractivity (Wildman–Crippen MR) is 152 cm³/mol. The number of benzene rings is 2. The monoisotopic (exact) mass is 574 g/mol. The van der Waals surface area contributed by atoms with E-state index in [0.717, 1.165) is 18.0 Å². The lowest BCUT2D eigenvalue weighted by molar-refractivity contribution is -0.139. The Balaban J connectivity index is 1.57. The van der Waals surface area contributed by atoms with Gasteiger partial charge in [0.05, 0.1) is 24.0 Å². The van der Waals surface area contributed by atoms with E-state index in [1.54, 1.807) is 40.4 Å². The van der Waals surface area contributed by atoms with Gasteiger partial charge in [-0.1, -0.05) is 36.4 Å². The second kappa shape index (κ2) is 10.3. The summed E-state index contributed by atoms with van der Waals surface area (Å²) in [6, 6.07) is 16.5. The summed E-state index contributed by atoms with van der Waals surface area (Å²) in [6.07, 6.45) is -1.97. The molecule has 4 aromatic heterocycles. The van der Waals surface area contributed by atoms with E-state index in [0.29, 0.717) is 33.7 Å². The number of rotatable bonds is 6. The molecule has 0 fully saturated rings. The van der Waals surface area contributed by atoms with E-state index < -0.39 is 23.7 Å². The molecule has 0 saturated carbocycles. The molecular formula is C29H21F3N6O2S. The number of alkyl halides is 3. The Labute approximate surface area is 235 Å². The van der Waals surface area contributed by atoms with Crippen LogP contribution >= 0.6 is 11.3 Å². The molecule has 2 aromatic carbocycles. The molecule has 0 aliphatic rings. The van der Waals surface area contributed by atoms with E-state index in [1.807, 2.05) is 31.2 Å². The first-order valence-corrected chi connectivity index (χ1v) is 13.3. The highest BCUT2D eigenvalue weighted by molar-refractivity contribution is 7.16. The second-order valence-corrected chi connectivity index (χ2v) is 10.0. The average Bonchev–Trinajstić information content (AvgIpc) is 3.46. The molecule has 206 valence electrons. The van der Waals surface area contributed by atoms with Crippen LogP contribution in [0.3, 0.4) is 0 Å². The SMILES string of the molecule is COc1ncc(-c2cccc3cc([C@H](C)Nc4ncnc5scnc45)n(-c4ccccc4)c(=O)c23)cc1C(F)(F)F. The second-order valence-electron chi connectivity index (χ2n) is 9.19. The number of hydrogen-bond donors (Lipinski definition) is 1. The standard InChI is InChI=1S/C29H21F3N6O2S/c1-16(37-25-24-27(35-14-34-25)41-15-36-24)22-12-17-7-6-10-20(18-11-21(29(30,31)32)26(40-2)33-13-18)23(17)28(39)38(22)19-8-4-3-5-9-19/h3-16H,1-2H3,(H,34,35,37)/t16-/m0/s1. The fraction of sp³-hybridized carbons (Fsp3) is 0.138. The topological polar surface area (TPSA) is 94.8 Å². The van der Waals surface area contributed by atoms with E-state index in [-0.39, 0.29) is 16.5 Å². The number of ether oxygens (including phenoxy) is 1. The van der Waals surface area contributed by atoms with Gasteiger partial charge in [0.25, 0.3) is 5.56 Å². The van der Waals surface area contributed by atoms with Crippen molar-refractivity contribution >= 4 is 38.3 Å². The van der Waals surface area contributed by atoms with Crippen LogP contribution < -0.4 is 15.6 Å². The molecule has 0 bridgehead atoms. The highest BCUT2D eigenvalue weighted by atomic mass is 32.1. The molecule has 8 nitrogen and oxygen atoms in total. The largest absolute Gasteiger partial charge is 0.481 e. The van der Waals surface area contributed by atoms with Crippen LogP contribution in [0.2, 0.25) is 0 Å². The normalized spacial score (nSPS) is 12.5. The fourth-order valence-corrected chi connectivity index (χ4v) is 5.46.